The van der Waals surface area contributed by atoms with Crippen molar-refractivity contribution in [2.45, 2.75) is 5.60 Å². The summed E-state index contributed by atoms with van der Waals surface area (Å²) in [5.41, 5.74) is 0.278. The molecule has 0 amide bonds. The maximum Gasteiger partial charge on any atom is 0.341 e. The first-order valence-corrected chi connectivity index (χ1v) is 8.66. The normalized spacial score (nSPS) is 15.6. The lowest BCUT2D eigenvalue weighted by molar-refractivity contribution is 0.0224. The molecule has 0 bridgehead atoms. The standard InChI is InChI=1S/C20H9Cl2O5/c21-14-6-5-13-17(18(14)22)19(25)27-20(13)11-3-1-9(23)7-15(11)26-16-8-10(24)2-4-12(16)20/h1-5,7-8,23-24H. The maximum absolute atomic E-state index is 12.7. The number of aromatic hydroxyl groups is 2. The van der Waals surface area contributed by atoms with Gasteiger partial charge in [-0.25, -0.2) is 4.79 Å². The van der Waals surface area contributed by atoms with Gasteiger partial charge in [-0.05, 0) is 30.3 Å². The molecular weight excluding hydrogens is 391 g/mol. The van der Waals surface area contributed by atoms with Gasteiger partial charge in [0.1, 0.15) is 23.0 Å². The first-order chi connectivity index (χ1) is 12.9. The second kappa shape index (κ2) is 5.31. The van der Waals surface area contributed by atoms with E-state index in [0.717, 1.165) is 0 Å². The summed E-state index contributed by atoms with van der Waals surface area (Å²) in [6.07, 6.45) is 0. The van der Waals surface area contributed by atoms with E-state index in [0.29, 0.717) is 28.2 Å². The van der Waals surface area contributed by atoms with Gasteiger partial charge in [0.05, 0.1) is 15.6 Å². The van der Waals surface area contributed by atoms with Crippen molar-refractivity contribution in [3.8, 4) is 23.0 Å². The summed E-state index contributed by atoms with van der Waals surface area (Å²) in [7, 11) is 0. The van der Waals surface area contributed by atoms with Crippen molar-refractivity contribution < 1.29 is 24.5 Å². The van der Waals surface area contributed by atoms with E-state index in [1.54, 1.807) is 18.2 Å². The zero-order valence-electron chi connectivity index (χ0n) is 13.4. The molecule has 0 aromatic heterocycles. The van der Waals surface area contributed by atoms with E-state index in [-0.39, 0.29) is 27.1 Å². The Kier molecular flexibility index (Phi) is 3.21. The number of benzene rings is 3. The Bertz CT molecular complexity index is 1100. The zero-order valence-corrected chi connectivity index (χ0v) is 14.9. The number of rotatable bonds is 0. The first kappa shape index (κ1) is 16.3. The largest absolute Gasteiger partial charge is 0.508 e. The SMILES string of the molecule is O=C1OC2(c3ccc(O)cc3Oc3cc(O)ccc32)c2c[c]c(Cl)c(Cl)c21. The Morgan fingerprint density at radius 1 is 0.926 bits per heavy atom. The first-order valence-electron chi connectivity index (χ1n) is 7.90. The fourth-order valence-corrected chi connectivity index (χ4v) is 4.04. The highest BCUT2D eigenvalue weighted by Crippen LogP contribution is 2.58. The highest BCUT2D eigenvalue weighted by Gasteiger charge is 2.54. The molecule has 7 heteroatoms. The maximum atomic E-state index is 12.7. The van der Waals surface area contributed by atoms with Gasteiger partial charge in [0.25, 0.3) is 0 Å². The van der Waals surface area contributed by atoms with Crippen LogP contribution in [0.15, 0.2) is 42.5 Å². The second-order valence-corrected chi connectivity index (χ2v) is 6.99. The summed E-state index contributed by atoms with van der Waals surface area (Å²) >= 11 is 12.3. The van der Waals surface area contributed by atoms with Crippen molar-refractivity contribution in [1.82, 2.24) is 0 Å². The van der Waals surface area contributed by atoms with Gasteiger partial charge in [-0.1, -0.05) is 23.2 Å². The summed E-state index contributed by atoms with van der Waals surface area (Å²) in [5, 5.41) is 19.9. The number of esters is 1. The Labute approximate surface area is 163 Å². The van der Waals surface area contributed by atoms with Crippen LogP contribution in [-0.2, 0) is 10.3 Å². The highest BCUT2D eigenvalue weighted by atomic mass is 35.5. The molecular formula is C20H9Cl2O5. The molecule has 0 unspecified atom stereocenters. The molecule has 3 aromatic carbocycles. The van der Waals surface area contributed by atoms with Crippen molar-refractivity contribution in [3.05, 3.63) is 80.8 Å². The number of carbonyl (C=O) groups excluding carboxylic acids is 1. The molecule has 2 heterocycles. The van der Waals surface area contributed by atoms with Gasteiger partial charge in [-0.15, -0.1) is 0 Å². The predicted octanol–water partition coefficient (Wildman–Crippen LogP) is 4.77. The summed E-state index contributed by atoms with van der Waals surface area (Å²) in [6.45, 7) is 0. The number of phenols is 2. The molecule has 2 aliphatic rings. The summed E-state index contributed by atoms with van der Waals surface area (Å²) in [6, 6.07) is 13.4. The fourth-order valence-electron chi connectivity index (χ4n) is 3.66. The van der Waals surface area contributed by atoms with Crippen molar-refractivity contribution in [1.29, 1.82) is 0 Å². The smallest absolute Gasteiger partial charge is 0.341 e. The zero-order chi connectivity index (χ0) is 18.9. The van der Waals surface area contributed by atoms with Crippen LogP contribution in [0.5, 0.6) is 23.0 Å². The molecule has 27 heavy (non-hydrogen) atoms. The molecule has 0 saturated carbocycles. The van der Waals surface area contributed by atoms with Gasteiger partial charge in [0.2, 0.25) is 0 Å². The summed E-state index contributed by atoms with van der Waals surface area (Å²) in [5.74, 6) is -0.0824. The molecule has 0 aliphatic carbocycles. The molecule has 5 rings (SSSR count). The number of halogens is 2. The monoisotopic (exact) mass is 399 g/mol. The van der Waals surface area contributed by atoms with Crippen molar-refractivity contribution in [2.75, 3.05) is 0 Å². The van der Waals surface area contributed by atoms with Crippen LogP contribution < -0.4 is 4.74 Å². The molecule has 1 radical (unpaired) electrons. The van der Waals surface area contributed by atoms with Gasteiger partial charge in [-0.2, -0.15) is 0 Å². The highest BCUT2D eigenvalue weighted by molar-refractivity contribution is 6.44. The Balaban J connectivity index is 1.92. The molecule has 5 nitrogen and oxygen atoms in total. The van der Waals surface area contributed by atoms with Crippen LogP contribution in [0.2, 0.25) is 10.0 Å². The molecule has 0 fully saturated rings. The predicted molar refractivity (Wildman–Crippen MR) is 96.9 cm³/mol. The summed E-state index contributed by atoms with van der Waals surface area (Å²) < 4.78 is 11.7. The van der Waals surface area contributed by atoms with E-state index in [1.807, 2.05) is 0 Å². The molecule has 133 valence electrons. The number of carbonyl (C=O) groups is 1. The minimum Gasteiger partial charge on any atom is -0.508 e. The van der Waals surface area contributed by atoms with E-state index in [4.69, 9.17) is 32.7 Å². The average molecular weight is 400 g/mol. The third-order valence-electron chi connectivity index (χ3n) is 4.76. The van der Waals surface area contributed by atoms with Crippen LogP contribution >= 0.6 is 23.2 Å². The number of hydrogen-bond donors (Lipinski definition) is 2. The molecule has 1 spiro atoms. The number of phenolic OH excluding ortho intramolecular Hbond substituents is 2. The van der Waals surface area contributed by atoms with E-state index in [1.165, 1.54) is 24.3 Å². The van der Waals surface area contributed by atoms with E-state index >= 15 is 0 Å². The summed E-state index contributed by atoms with van der Waals surface area (Å²) in [4.78, 5) is 12.7. The van der Waals surface area contributed by atoms with Crippen LogP contribution in [0.1, 0.15) is 27.0 Å². The topological polar surface area (TPSA) is 76.0 Å². The molecule has 2 aliphatic heterocycles. The van der Waals surface area contributed by atoms with Gasteiger partial charge < -0.3 is 19.7 Å². The van der Waals surface area contributed by atoms with E-state index in [9.17, 15) is 15.0 Å². The Hall–Kier alpha value is -2.89. The minimum absolute atomic E-state index is 0.0160. The molecule has 0 saturated heterocycles. The number of fused-ring (bicyclic) bond motifs is 6. The van der Waals surface area contributed by atoms with Crippen molar-refractivity contribution in [3.63, 3.8) is 0 Å². The van der Waals surface area contributed by atoms with E-state index < -0.39 is 11.6 Å². The Morgan fingerprint density at radius 2 is 1.52 bits per heavy atom. The van der Waals surface area contributed by atoms with Crippen molar-refractivity contribution >= 4 is 29.2 Å². The molecule has 3 aromatic rings. The van der Waals surface area contributed by atoms with Gasteiger partial charge in [0.15, 0.2) is 5.60 Å². The van der Waals surface area contributed by atoms with Crippen molar-refractivity contribution in [2.24, 2.45) is 0 Å². The lowest BCUT2D eigenvalue weighted by Crippen LogP contribution is -2.32. The second-order valence-electron chi connectivity index (χ2n) is 6.24. The fraction of sp³-hybridized carbons (Fsp3) is 0.0500. The number of hydrogen-bond acceptors (Lipinski definition) is 5. The quantitative estimate of drug-likeness (QED) is 0.532. The van der Waals surface area contributed by atoms with Gasteiger partial charge >= 0.3 is 5.97 Å². The molecule has 0 atom stereocenters. The lowest BCUT2D eigenvalue weighted by Gasteiger charge is -2.36. The lowest BCUT2D eigenvalue weighted by atomic mass is 9.77. The van der Waals surface area contributed by atoms with Crippen LogP contribution in [0.25, 0.3) is 0 Å². The van der Waals surface area contributed by atoms with E-state index in [2.05, 4.69) is 6.07 Å². The molecule has 2 N–H and O–H groups in total. The third-order valence-corrected chi connectivity index (χ3v) is 5.54. The Morgan fingerprint density at radius 3 is 2.11 bits per heavy atom. The number of ether oxygens (including phenoxy) is 2. The van der Waals surface area contributed by atoms with Crippen LogP contribution in [0.3, 0.4) is 0 Å². The van der Waals surface area contributed by atoms with Crippen LogP contribution in [0, 0.1) is 6.07 Å². The van der Waals surface area contributed by atoms with Gasteiger partial charge in [-0.3, -0.25) is 0 Å². The van der Waals surface area contributed by atoms with Gasteiger partial charge in [0, 0.05) is 34.9 Å². The van der Waals surface area contributed by atoms with Crippen LogP contribution in [0.4, 0.5) is 0 Å². The third kappa shape index (κ3) is 2.04. The van der Waals surface area contributed by atoms with Crippen LogP contribution in [-0.4, -0.2) is 16.2 Å². The minimum atomic E-state index is -1.36. The average Bonchev–Trinajstić information content (AvgIpc) is 2.91.